The highest BCUT2D eigenvalue weighted by molar-refractivity contribution is 4.28. The fraction of sp³-hybridized carbons (Fsp3) is 1.00. The second-order valence-corrected chi connectivity index (χ2v) is 2.93. The summed E-state index contributed by atoms with van der Waals surface area (Å²) in [5, 5.41) is 0. The zero-order chi connectivity index (χ0) is 11.6. The summed E-state index contributed by atoms with van der Waals surface area (Å²) >= 11 is 0. The Morgan fingerprint density at radius 1 is 0.867 bits per heavy atom. The van der Waals surface area contributed by atoms with E-state index in [1.165, 1.54) is 0 Å². The molecule has 0 aliphatic heterocycles. The maximum absolute atomic E-state index is 5.49. The van der Waals surface area contributed by atoms with E-state index in [0.29, 0.717) is 33.0 Å². The second-order valence-electron chi connectivity index (χ2n) is 2.93. The lowest BCUT2D eigenvalue weighted by atomic mass is 10.5. The van der Waals surface area contributed by atoms with Crippen molar-refractivity contribution >= 4 is 0 Å². The number of hydrogen-bond acceptors (Lipinski definition) is 4. The van der Waals surface area contributed by atoms with E-state index in [1.807, 2.05) is 20.8 Å². The average molecular weight is 222 g/mol. The summed E-state index contributed by atoms with van der Waals surface area (Å²) in [4.78, 5) is 16.3. The summed E-state index contributed by atoms with van der Waals surface area (Å²) in [6.45, 7) is 8.70. The Balaban J connectivity index is 4.18. The van der Waals surface area contributed by atoms with E-state index in [1.54, 1.807) is 7.11 Å². The van der Waals surface area contributed by atoms with Gasteiger partial charge in [0.1, 0.15) is 19.8 Å². The van der Waals surface area contributed by atoms with Crippen LogP contribution in [-0.2, 0) is 19.2 Å². The molecule has 0 rings (SSSR count). The van der Waals surface area contributed by atoms with Crippen molar-refractivity contribution in [1.29, 1.82) is 0 Å². The van der Waals surface area contributed by atoms with Crippen molar-refractivity contribution in [3.63, 3.8) is 0 Å². The SMILES string of the molecule is CCO[N+](CCCOC)(OCC)OCC. The molecule has 15 heavy (non-hydrogen) atoms. The Hall–Kier alpha value is -0.200. The zero-order valence-corrected chi connectivity index (χ0v) is 10.3. The van der Waals surface area contributed by atoms with Gasteiger partial charge in [0.25, 0.3) is 0 Å². The quantitative estimate of drug-likeness (QED) is 0.320. The van der Waals surface area contributed by atoms with Gasteiger partial charge >= 0.3 is 0 Å². The van der Waals surface area contributed by atoms with E-state index >= 15 is 0 Å². The van der Waals surface area contributed by atoms with E-state index in [2.05, 4.69) is 0 Å². The van der Waals surface area contributed by atoms with Crippen LogP contribution in [0.15, 0.2) is 0 Å². The standard InChI is InChI=1S/C10H24NO4/c1-5-13-11(14-6-2,15-7-3)9-8-10-12-4/h5-10H2,1-4H3/q+1. The first-order valence-corrected chi connectivity index (χ1v) is 5.55. The minimum atomic E-state index is -0.188. The fourth-order valence-electron chi connectivity index (χ4n) is 1.30. The summed E-state index contributed by atoms with van der Waals surface area (Å²) in [6, 6.07) is 0. The van der Waals surface area contributed by atoms with Gasteiger partial charge in [0.2, 0.25) is 0 Å². The monoisotopic (exact) mass is 222 g/mol. The maximum Gasteiger partial charge on any atom is 0.180 e. The Bertz CT molecular complexity index is 126. The molecule has 0 aromatic carbocycles. The third-order valence-corrected chi connectivity index (χ3v) is 1.76. The van der Waals surface area contributed by atoms with Crippen LogP contribution in [0.5, 0.6) is 0 Å². The van der Waals surface area contributed by atoms with Crippen molar-refractivity contribution in [2.45, 2.75) is 27.2 Å². The minimum Gasteiger partial charge on any atom is -0.384 e. The molecule has 0 aliphatic rings. The number of rotatable bonds is 10. The molecule has 0 radical (unpaired) electrons. The first kappa shape index (κ1) is 14.8. The van der Waals surface area contributed by atoms with Crippen LogP contribution < -0.4 is 0 Å². The normalized spacial score (nSPS) is 12.0. The predicted molar refractivity (Wildman–Crippen MR) is 56.5 cm³/mol. The third-order valence-electron chi connectivity index (χ3n) is 1.76. The van der Waals surface area contributed by atoms with Crippen molar-refractivity contribution in [3.05, 3.63) is 0 Å². The number of ether oxygens (including phenoxy) is 1. The molecule has 0 spiro atoms. The molecule has 0 aromatic rings. The van der Waals surface area contributed by atoms with Gasteiger partial charge in [-0.25, -0.2) is 0 Å². The summed E-state index contributed by atoms with van der Waals surface area (Å²) < 4.78 is 4.99. The van der Waals surface area contributed by atoms with Gasteiger partial charge in [-0.1, -0.05) is 0 Å². The van der Waals surface area contributed by atoms with E-state index in [-0.39, 0.29) is 4.97 Å². The highest BCUT2D eigenvalue weighted by Crippen LogP contribution is 2.13. The Morgan fingerprint density at radius 3 is 1.67 bits per heavy atom. The Morgan fingerprint density at radius 2 is 1.33 bits per heavy atom. The van der Waals surface area contributed by atoms with E-state index in [9.17, 15) is 0 Å². The van der Waals surface area contributed by atoms with Crippen molar-refractivity contribution in [2.75, 3.05) is 40.1 Å². The van der Waals surface area contributed by atoms with Crippen molar-refractivity contribution in [1.82, 2.24) is 0 Å². The van der Waals surface area contributed by atoms with Crippen LogP contribution in [0.2, 0.25) is 0 Å². The number of hydrogen-bond donors (Lipinski definition) is 0. The molecule has 0 bridgehead atoms. The van der Waals surface area contributed by atoms with Crippen molar-refractivity contribution < 1.29 is 24.2 Å². The van der Waals surface area contributed by atoms with Gasteiger partial charge in [-0.2, -0.15) is 0 Å². The molecule has 0 heterocycles. The zero-order valence-electron chi connectivity index (χ0n) is 10.3. The highest BCUT2D eigenvalue weighted by Gasteiger charge is 2.33. The summed E-state index contributed by atoms with van der Waals surface area (Å²) in [5.74, 6) is 0. The van der Waals surface area contributed by atoms with Crippen LogP contribution in [-0.4, -0.2) is 45.1 Å². The average Bonchev–Trinajstić information content (AvgIpc) is 2.19. The molecule has 5 heteroatoms. The fourth-order valence-corrected chi connectivity index (χ4v) is 1.30. The van der Waals surface area contributed by atoms with Crippen LogP contribution in [0.1, 0.15) is 27.2 Å². The molecule has 0 aromatic heterocycles. The van der Waals surface area contributed by atoms with Crippen LogP contribution >= 0.6 is 0 Å². The number of hydroxylamine groups is 3. The Kier molecular flexibility index (Phi) is 8.94. The molecular weight excluding hydrogens is 198 g/mol. The van der Waals surface area contributed by atoms with Gasteiger partial charge in [0, 0.05) is 13.5 Å². The second kappa shape index (κ2) is 9.06. The van der Waals surface area contributed by atoms with Gasteiger partial charge in [0.05, 0.1) is 11.6 Å². The molecule has 0 N–H and O–H groups in total. The molecular formula is C10H24NO4+. The van der Waals surface area contributed by atoms with E-state index in [0.717, 1.165) is 6.42 Å². The molecule has 0 saturated heterocycles. The third kappa shape index (κ3) is 6.06. The van der Waals surface area contributed by atoms with Gasteiger partial charge in [0.15, 0.2) is 6.54 Å². The predicted octanol–water partition coefficient (Wildman–Crippen LogP) is 1.69. The smallest absolute Gasteiger partial charge is 0.180 e. The molecule has 0 saturated carbocycles. The first-order valence-electron chi connectivity index (χ1n) is 5.55. The lowest BCUT2D eigenvalue weighted by Gasteiger charge is -2.28. The summed E-state index contributed by atoms with van der Waals surface area (Å²) in [7, 11) is 1.68. The number of quaternary nitrogens is 1. The largest absolute Gasteiger partial charge is 0.384 e. The van der Waals surface area contributed by atoms with Gasteiger partial charge in [-0.15, -0.1) is 14.5 Å². The van der Waals surface area contributed by atoms with Gasteiger partial charge in [-0.05, 0) is 20.8 Å². The lowest BCUT2D eigenvalue weighted by Crippen LogP contribution is -2.48. The van der Waals surface area contributed by atoms with Crippen LogP contribution in [0.3, 0.4) is 0 Å². The van der Waals surface area contributed by atoms with E-state index in [4.69, 9.17) is 19.2 Å². The van der Waals surface area contributed by atoms with Gasteiger partial charge < -0.3 is 4.74 Å². The Labute approximate surface area is 92.3 Å². The van der Waals surface area contributed by atoms with Crippen LogP contribution in [0, 0.1) is 0 Å². The van der Waals surface area contributed by atoms with E-state index < -0.39 is 0 Å². The molecule has 0 aliphatic carbocycles. The number of methoxy groups -OCH3 is 1. The summed E-state index contributed by atoms with van der Waals surface area (Å²) in [5.41, 5.74) is 0. The summed E-state index contributed by atoms with van der Waals surface area (Å²) in [6.07, 6.45) is 0.830. The number of nitrogens with zero attached hydrogens (tertiary/aromatic N) is 1. The van der Waals surface area contributed by atoms with Crippen LogP contribution in [0.25, 0.3) is 0 Å². The molecule has 5 nitrogen and oxygen atoms in total. The van der Waals surface area contributed by atoms with Crippen molar-refractivity contribution in [2.24, 2.45) is 0 Å². The molecule has 0 atom stereocenters. The van der Waals surface area contributed by atoms with Crippen molar-refractivity contribution in [3.8, 4) is 0 Å². The molecule has 0 amide bonds. The van der Waals surface area contributed by atoms with Gasteiger partial charge in [-0.3, -0.25) is 0 Å². The van der Waals surface area contributed by atoms with Crippen LogP contribution in [0.4, 0.5) is 0 Å². The lowest BCUT2D eigenvalue weighted by molar-refractivity contribution is -1.37. The molecule has 0 unspecified atom stereocenters. The minimum absolute atomic E-state index is 0.188. The molecule has 0 fully saturated rings. The molecule has 92 valence electrons. The maximum atomic E-state index is 5.49. The highest BCUT2D eigenvalue weighted by atomic mass is 17.2. The first-order chi connectivity index (χ1) is 7.24. The topological polar surface area (TPSA) is 36.9 Å².